The van der Waals surface area contributed by atoms with Crippen molar-refractivity contribution in [3.05, 3.63) is 48.1 Å². The van der Waals surface area contributed by atoms with E-state index in [1.165, 1.54) is 23.4 Å². The van der Waals surface area contributed by atoms with Crippen LogP contribution in [-0.2, 0) is 12.1 Å². The van der Waals surface area contributed by atoms with Crippen molar-refractivity contribution < 1.29 is 13.9 Å². The molecule has 120 valence electrons. The lowest BCUT2D eigenvalue weighted by Gasteiger charge is -2.34. The number of benzene rings is 1. The van der Waals surface area contributed by atoms with Gasteiger partial charge in [0.25, 0.3) is 0 Å². The van der Waals surface area contributed by atoms with Crippen LogP contribution in [0.1, 0.15) is 25.8 Å². The molecule has 0 aliphatic carbocycles. The zero-order chi connectivity index (χ0) is 16.2. The van der Waals surface area contributed by atoms with E-state index < -0.39 is 17.2 Å². The zero-order valence-corrected chi connectivity index (χ0v) is 13.4. The molecular weight excluding hydrogens is 308 g/mol. The van der Waals surface area contributed by atoms with Crippen molar-refractivity contribution in [2.75, 3.05) is 5.75 Å². The molecule has 0 radical (unpaired) electrons. The Hall–Kier alpha value is -1.47. The Labute approximate surface area is 132 Å². The highest BCUT2D eigenvalue weighted by molar-refractivity contribution is 7.99. The quantitative estimate of drug-likeness (QED) is 0.849. The predicted molar refractivity (Wildman–Crippen MR) is 82.5 cm³/mol. The third-order valence-corrected chi connectivity index (χ3v) is 5.05. The third-order valence-electron chi connectivity index (χ3n) is 3.51. The lowest BCUT2D eigenvalue weighted by atomic mass is 9.90. The van der Waals surface area contributed by atoms with E-state index in [2.05, 4.69) is 10.1 Å². The largest absolute Gasteiger partial charge is 0.382 e. The molecule has 4 nitrogen and oxygen atoms in total. The van der Waals surface area contributed by atoms with Gasteiger partial charge in [0.2, 0.25) is 0 Å². The summed E-state index contributed by atoms with van der Waals surface area (Å²) in [5.74, 6) is -0.589. The Morgan fingerprint density at radius 3 is 2.77 bits per heavy atom. The van der Waals surface area contributed by atoms with Gasteiger partial charge in [0.05, 0.1) is 6.54 Å². The van der Waals surface area contributed by atoms with E-state index in [1.807, 2.05) is 13.8 Å². The standard InChI is InChI=1S/C15H19F2N3OS/c1-3-6-22-11(2)15(21,8-20-10-18-9-19-20)13-5-4-12(16)7-14(13)17/h4-5,7,9-11,21H,3,6,8H2,1-2H3/t11-,15-/m1/s1. The van der Waals surface area contributed by atoms with Gasteiger partial charge in [-0.2, -0.15) is 16.9 Å². The van der Waals surface area contributed by atoms with Crippen LogP contribution in [0.2, 0.25) is 0 Å². The Balaban J connectivity index is 2.39. The molecule has 1 aromatic carbocycles. The van der Waals surface area contributed by atoms with Gasteiger partial charge in [-0.25, -0.2) is 18.4 Å². The van der Waals surface area contributed by atoms with E-state index in [0.29, 0.717) is 0 Å². The number of hydrogen-bond donors (Lipinski definition) is 1. The summed E-state index contributed by atoms with van der Waals surface area (Å²) in [4.78, 5) is 3.84. The van der Waals surface area contributed by atoms with E-state index in [9.17, 15) is 13.9 Å². The molecule has 2 rings (SSSR count). The minimum absolute atomic E-state index is 0.0490. The molecule has 7 heteroatoms. The smallest absolute Gasteiger partial charge is 0.137 e. The zero-order valence-electron chi connectivity index (χ0n) is 12.5. The minimum Gasteiger partial charge on any atom is -0.382 e. The summed E-state index contributed by atoms with van der Waals surface area (Å²) in [6, 6.07) is 3.24. The number of aromatic nitrogens is 3. The summed E-state index contributed by atoms with van der Waals surface area (Å²) in [5, 5.41) is 14.8. The highest BCUT2D eigenvalue weighted by atomic mass is 32.2. The fourth-order valence-corrected chi connectivity index (χ4v) is 3.33. The highest BCUT2D eigenvalue weighted by Gasteiger charge is 2.39. The average Bonchev–Trinajstić information content (AvgIpc) is 2.97. The number of rotatable bonds is 7. The van der Waals surface area contributed by atoms with Crippen LogP contribution in [0, 0.1) is 11.6 Å². The van der Waals surface area contributed by atoms with Gasteiger partial charge < -0.3 is 5.11 Å². The average molecular weight is 327 g/mol. The molecule has 0 fully saturated rings. The first-order chi connectivity index (χ1) is 10.5. The van der Waals surface area contributed by atoms with Crippen LogP contribution in [0.25, 0.3) is 0 Å². The molecule has 1 N–H and O–H groups in total. The van der Waals surface area contributed by atoms with Gasteiger partial charge in [-0.1, -0.05) is 19.9 Å². The summed E-state index contributed by atoms with van der Waals surface area (Å²) in [5.41, 5.74) is -1.44. The number of hydrogen-bond acceptors (Lipinski definition) is 4. The Morgan fingerprint density at radius 1 is 1.41 bits per heavy atom. The monoisotopic (exact) mass is 327 g/mol. The SMILES string of the molecule is CCCS[C@H](C)[C@](O)(Cn1cncn1)c1ccc(F)cc1F. The van der Waals surface area contributed by atoms with Crippen molar-refractivity contribution in [3.8, 4) is 0 Å². The molecule has 0 aliphatic heterocycles. The molecule has 0 spiro atoms. The number of nitrogens with zero attached hydrogens (tertiary/aromatic N) is 3. The second kappa shape index (κ2) is 7.19. The molecule has 0 amide bonds. The van der Waals surface area contributed by atoms with Crippen LogP contribution in [0.3, 0.4) is 0 Å². The minimum atomic E-state index is -1.51. The molecule has 2 atom stereocenters. The van der Waals surface area contributed by atoms with Gasteiger partial charge in [-0.15, -0.1) is 0 Å². The van der Waals surface area contributed by atoms with Gasteiger partial charge in [0, 0.05) is 16.9 Å². The second-order valence-corrected chi connectivity index (χ2v) is 6.60. The fourth-order valence-electron chi connectivity index (χ4n) is 2.27. The summed E-state index contributed by atoms with van der Waals surface area (Å²) in [6.07, 6.45) is 3.76. The molecule has 0 unspecified atom stereocenters. The van der Waals surface area contributed by atoms with Crippen LogP contribution in [0.15, 0.2) is 30.9 Å². The van der Waals surface area contributed by atoms with Crippen LogP contribution in [0.5, 0.6) is 0 Å². The fraction of sp³-hybridized carbons (Fsp3) is 0.467. The van der Waals surface area contributed by atoms with Crippen molar-refractivity contribution in [1.29, 1.82) is 0 Å². The topological polar surface area (TPSA) is 50.9 Å². The summed E-state index contributed by atoms with van der Waals surface area (Å²) >= 11 is 1.54. The molecule has 0 saturated heterocycles. The Bertz CT molecular complexity index is 609. The van der Waals surface area contributed by atoms with Crippen LogP contribution < -0.4 is 0 Å². The van der Waals surface area contributed by atoms with E-state index >= 15 is 0 Å². The maximum atomic E-state index is 14.2. The Kier molecular flexibility index (Phi) is 5.52. The van der Waals surface area contributed by atoms with Crippen molar-refractivity contribution in [3.63, 3.8) is 0 Å². The molecule has 22 heavy (non-hydrogen) atoms. The molecule has 0 aliphatic rings. The normalized spacial score (nSPS) is 15.5. The first-order valence-electron chi connectivity index (χ1n) is 7.09. The summed E-state index contributed by atoms with van der Waals surface area (Å²) < 4.78 is 28.8. The summed E-state index contributed by atoms with van der Waals surface area (Å²) in [7, 11) is 0. The first kappa shape index (κ1) is 16.9. The number of halogens is 2. The second-order valence-electron chi connectivity index (χ2n) is 5.15. The number of thioether (sulfide) groups is 1. The van der Waals surface area contributed by atoms with Crippen LogP contribution >= 0.6 is 11.8 Å². The molecule has 1 heterocycles. The molecule has 0 saturated carbocycles. The van der Waals surface area contributed by atoms with Crippen molar-refractivity contribution in [2.24, 2.45) is 0 Å². The van der Waals surface area contributed by atoms with Crippen molar-refractivity contribution >= 4 is 11.8 Å². The van der Waals surface area contributed by atoms with Crippen LogP contribution in [-0.4, -0.2) is 30.9 Å². The van der Waals surface area contributed by atoms with Gasteiger partial charge in [-0.3, -0.25) is 0 Å². The lowest BCUT2D eigenvalue weighted by Crippen LogP contribution is -2.41. The van der Waals surface area contributed by atoms with Gasteiger partial charge in [0.1, 0.15) is 29.9 Å². The molecule has 1 aromatic heterocycles. The van der Waals surface area contributed by atoms with Gasteiger partial charge >= 0.3 is 0 Å². The highest BCUT2D eigenvalue weighted by Crippen LogP contribution is 2.36. The van der Waals surface area contributed by atoms with Crippen LogP contribution in [0.4, 0.5) is 8.78 Å². The summed E-state index contributed by atoms with van der Waals surface area (Å²) in [6.45, 7) is 3.92. The number of aliphatic hydroxyl groups is 1. The maximum Gasteiger partial charge on any atom is 0.137 e. The predicted octanol–water partition coefficient (Wildman–Crippen LogP) is 2.98. The van der Waals surface area contributed by atoms with Crippen molar-refractivity contribution in [2.45, 2.75) is 37.7 Å². The van der Waals surface area contributed by atoms with E-state index in [0.717, 1.165) is 24.3 Å². The van der Waals surface area contributed by atoms with Gasteiger partial charge in [0.15, 0.2) is 0 Å². The Morgan fingerprint density at radius 2 is 2.18 bits per heavy atom. The molecule has 0 bridgehead atoms. The van der Waals surface area contributed by atoms with E-state index in [1.54, 1.807) is 11.8 Å². The molecule has 2 aromatic rings. The van der Waals surface area contributed by atoms with E-state index in [-0.39, 0.29) is 17.4 Å². The maximum absolute atomic E-state index is 14.2. The van der Waals surface area contributed by atoms with Gasteiger partial charge in [-0.05, 0) is 18.2 Å². The molecular formula is C15H19F2N3OS. The lowest BCUT2D eigenvalue weighted by molar-refractivity contribution is 0.0133. The third kappa shape index (κ3) is 3.64. The van der Waals surface area contributed by atoms with Crippen molar-refractivity contribution in [1.82, 2.24) is 14.8 Å². The van der Waals surface area contributed by atoms with E-state index in [4.69, 9.17) is 0 Å². The first-order valence-corrected chi connectivity index (χ1v) is 8.14.